The van der Waals surface area contributed by atoms with E-state index in [1.54, 1.807) is 12.3 Å². The fraction of sp³-hybridized carbons (Fsp3) is 0.368. The van der Waals surface area contributed by atoms with Gasteiger partial charge in [-0.2, -0.15) is 13.2 Å². The molecule has 1 aliphatic heterocycles. The van der Waals surface area contributed by atoms with Crippen LogP contribution in [0.4, 0.5) is 24.7 Å². The monoisotopic (exact) mass is 378 g/mol. The van der Waals surface area contributed by atoms with Crippen LogP contribution in [0.5, 0.6) is 0 Å². The number of nitrogens with zero attached hydrogens (tertiary/aromatic N) is 3. The molecule has 1 aromatic carbocycles. The van der Waals surface area contributed by atoms with E-state index >= 15 is 0 Å². The minimum Gasteiger partial charge on any atom is -0.354 e. The summed E-state index contributed by atoms with van der Waals surface area (Å²) in [6, 6.07) is 8.24. The van der Waals surface area contributed by atoms with Gasteiger partial charge in [-0.3, -0.25) is 4.79 Å². The number of amides is 1. The number of aromatic nitrogens is 1. The number of benzene rings is 1. The fourth-order valence-electron chi connectivity index (χ4n) is 2.88. The van der Waals surface area contributed by atoms with Crippen LogP contribution < -0.4 is 10.2 Å². The number of hydrogen-bond donors (Lipinski definition) is 1. The van der Waals surface area contributed by atoms with E-state index in [4.69, 9.17) is 0 Å². The smallest absolute Gasteiger partial charge is 0.354 e. The number of carbonyl (C=O) groups excluding carboxylic acids is 1. The lowest BCUT2D eigenvalue weighted by Crippen LogP contribution is -2.44. The van der Waals surface area contributed by atoms with Gasteiger partial charge < -0.3 is 15.1 Å². The van der Waals surface area contributed by atoms with Gasteiger partial charge in [-0.05, 0) is 36.9 Å². The Bertz CT molecular complexity index is 767. The standard InChI is InChI=1S/C19H21F3N4O/c1-25-8-10-26(11-9-25)17-7-6-16(13-23-17)24-18(27)12-14-2-4-15(5-3-14)19(20,21)22/h2-7,13H,8-12H2,1H3,(H,24,27). The molecule has 144 valence electrons. The molecule has 1 N–H and O–H groups in total. The number of anilines is 2. The lowest BCUT2D eigenvalue weighted by molar-refractivity contribution is -0.137. The topological polar surface area (TPSA) is 48.5 Å². The number of halogens is 3. The van der Waals surface area contributed by atoms with E-state index < -0.39 is 11.7 Å². The second-order valence-corrected chi connectivity index (χ2v) is 6.62. The van der Waals surface area contributed by atoms with Crippen LogP contribution in [-0.2, 0) is 17.4 Å². The van der Waals surface area contributed by atoms with Gasteiger partial charge >= 0.3 is 6.18 Å². The van der Waals surface area contributed by atoms with Crippen LogP contribution in [0.15, 0.2) is 42.6 Å². The lowest BCUT2D eigenvalue weighted by atomic mass is 10.1. The van der Waals surface area contributed by atoms with E-state index in [9.17, 15) is 18.0 Å². The van der Waals surface area contributed by atoms with Gasteiger partial charge in [-0.25, -0.2) is 4.98 Å². The normalized spacial score (nSPS) is 15.6. The Labute approximate surface area is 155 Å². The average Bonchev–Trinajstić information content (AvgIpc) is 2.63. The highest BCUT2D eigenvalue weighted by atomic mass is 19.4. The summed E-state index contributed by atoms with van der Waals surface area (Å²) in [6.07, 6.45) is -2.78. The lowest BCUT2D eigenvalue weighted by Gasteiger charge is -2.33. The molecule has 0 atom stereocenters. The highest BCUT2D eigenvalue weighted by Gasteiger charge is 2.29. The third-order valence-electron chi connectivity index (χ3n) is 4.50. The number of pyridine rings is 1. The van der Waals surface area contributed by atoms with Crippen molar-refractivity contribution in [1.82, 2.24) is 9.88 Å². The number of carbonyl (C=O) groups is 1. The van der Waals surface area contributed by atoms with Gasteiger partial charge in [0.25, 0.3) is 0 Å². The molecule has 2 aromatic rings. The van der Waals surface area contributed by atoms with Crippen molar-refractivity contribution in [3.8, 4) is 0 Å². The van der Waals surface area contributed by atoms with Crippen LogP contribution in [-0.4, -0.2) is 49.0 Å². The molecule has 27 heavy (non-hydrogen) atoms. The number of nitrogens with one attached hydrogen (secondary N) is 1. The summed E-state index contributed by atoms with van der Waals surface area (Å²) < 4.78 is 37.7. The second-order valence-electron chi connectivity index (χ2n) is 6.62. The molecule has 0 radical (unpaired) electrons. The summed E-state index contributed by atoms with van der Waals surface area (Å²) in [6.45, 7) is 3.77. The Morgan fingerprint density at radius 3 is 2.30 bits per heavy atom. The number of likely N-dealkylation sites (N-methyl/N-ethyl adjacent to an activating group) is 1. The molecule has 1 aromatic heterocycles. The third-order valence-corrected chi connectivity index (χ3v) is 4.50. The average molecular weight is 378 g/mol. The van der Waals surface area contributed by atoms with Crippen LogP contribution >= 0.6 is 0 Å². The van der Waals surface area contributed by atoms with E-state index in [0.717, 1.165) is 44.1 Å². The van der Waals surface area contributed by atoms with E-state index in [-0.39, 0.29) is 12.3 Å². The molecule has 0 bridgehead atoms. The highest BCUT2D eigenvalue weighted by Crippen LogP contribution is 2.29. The Balaban J connectivity index is 1.55. The van der Waals surface area contributed by atoms with Crippen LogP contribution in [0, 0.1) is 0 Å². The van der Waals surface area contributed by atoms with Gasteiger partial charge in [-0.15, -0.1) is 0 Å². The Morgan fingerprint density at radius 1 is 1.07 bits per heavy atom. The first-order valence-electron chi connectivity index (χ1n) is 8.67. The maximum absolute atomic E-state index is 12.6. The molecule has 1 fully saturated rings. The highest BCUT2D eigenvalue weighted by molar-refractivity contribution is 5.92. The summed E-state index contributed by atoms with van der Waals surface area (Å²) in [7, 11) is 2.08. The van der Waals surface area contributed by atoms with E-state index in [0.29, 0.717) is 11.3 Å². The van der Waals surface area contributed by atoms with Crippen molar-refractivity contribution in [2.75, 3.05) is 43.4 Å². The minimum atomic E-state index is -4.38. The molecular weight excluding hydrogens is 357 g/mol. The third kappa shape index (κ3) is 5.19. The zero-order valence-electron chi connectivity index (χ0n) is 15.0. The summed E-state index contributed by atoms with van der Waals surface area (Å²) in [5.74, 6) is 0.563. The van der Waals surface area contributed by atoms with Gasteiger partial charge in [0.15, 0.2) is 0 Å². The molecule has 1 amide bonds. The molecule has 1 aliphatic rings. The second kappa shape index (κ2) is 7.96. The first-order chi connectivity index (χ1) is 12.8. The van der Waals surface area contributed by atoms with Gasteiger partial charge in [-0.1, -0.05) is 12.1 Å². The zero-order chi connectivity index (χ0) is 19.4. The SMILES string of the molecule is CN1CCN(c2ccc(NC(=O)Cc3ccc(C(F)(F)F)cc3)cn2)CC1. The predicted molar refractivity (Wildman–Crippen MR) is 97.7 cm³/mol. The van der Waals surface area contributed by atoms with Crippen molar-refractivity contribution in [2.45, 2.75) is 12.6 Å². The summed E-state index contributed by atoms with van der Waals surface area (Å²) in [4.78, 5) is 20.9. The largest absolute Gasteiger partial charge is 0.416 e. The maximum atomic E-state index is 12.6. The van der Waals surface area contributed by atoms with Crippen LogP contribution in [0.25, 0.3) is 0 Å². The first kappa shape index (κ1) is 19.2. The molecular formula is C19H21F3N4O. The fourth-order valence-corrected chi connectivity index (χ4v) is 2.88. The number of alkyl halides is 3. The molecule has 0 saturated carbocycles. The number of piperazine rings is 1. The van der Waals surface area contributed by atoms with E-state index in [2.05, 4.69) is 27.1 Å². The van der Waals surface area contributed by atoms with Crippen molar-refractivity contribution in [3.05, 3.63) is 53.7 Å². The van der Waals surface area contributed by atoms with Crippen molar-refractivity contribution < 1.29 is 18.0 Å². The molecule has 5 nitrogen and oxygen atoms in total. The number of hydrogen-bond acceptors (Lipinski definition) is 4. The molecule has 3 rings (SSSR count). The molecule has 0 unspecified atom stereocenters. The van der Waals surface area contributed by atoms with Crippen LogP contribution in [0.2, 0.25) is 0 Å². The molecule has 0 aliphatic carbocycles. The molecule has 2 heterocycles. The minimum absolute atomic E-state index is 0.00164. The van der Waals surface area contributed by atoms with Gasteiger partial charge in [0.1, 0.15) is 5.82 Å². The van der Waals surface area contributed by atoms with Crippen LogP contribution in [0.1, 0.15) is 11.1 Å². The predicted octanol–water partition coefficient (Wildman–Crippen LogP) is 3.03. The number of rotatable bonds is 4. The summed E-state index contributed by atoms with van der Waals surface area (Å²) in [5, 5.41) is 2.72. The molecule has 1 saturated heterocycles. The van der Waals surface area contributed by atoms with Gasteiger partial charge in [0.2, 0.25) is 5.91 Å². The Hall–Kier alpha value is -2.61. The molecule has 0 spiro atoms. The summed E-state index contributed by atoms with van der Waals surface area (Å²) in [5.41, 5.74) is 0.350. The van der Waals surface area contributed by atoms with Gasteiger partial charge in [0, 0.05) is 26.2 Å². The maximum Gasteiger partial charge on any atom is 0.416 e. The quantitative estimate of drug-likeness (QED) is 0.889. The first-order valence-corrected chi connectivity index (χ1v) is 8.67. The summed E-state index contributed by atoms with van der Waals surface area (Å²) >= 11 is 0. The van der Waals surface area contributed by atoms with Crippen molar-refractivity contribution in [3.63, 3.8) is 0 Å². The van der Waals surface area contributed by atoms with Crippen molar-refractivity contribution in [2.24, 2.45) is 0 Å². The van der Waals surface area contributed by atoms with Crippen molar-refractivity contribution >= 4 is 17.4 Å². The van der Waals surface area contributed by atoms with Crippen molar-refractivity contribution in [1.29, 1.82) is 0 Å². The van der Waals surface area contributed by atoms with Crippen LogP contribution in [0.3, 0.4) is 0 Å². The Morgan fingerprint density at radius 2 is 1.74 bits per heavy atom. The zero-order valence-corrected chi connectivity index (χ0v) is 15.0. The van der Waals surface area contributed by atoms with E-state index in [1.165, 1.54) is 12.1 Å². The Kier molecular flexibility index (Phi) is 5.65. The van der Waals surface area contributed by atoms with Gasteiger partial charge in [0.05, 0.1) is 23.9 Å². The molecule has 8 heteroatoms. The van der Waals surface area contributed by atoms with E-state index in [1.807, 2.05) is 6.07 Å².